The van der Waals surface area contributed by atoms with E-state index in [2.05, 4.69) is 32.5 Å². The van der Waals surface area contributed by atoms with E-state index in [-0.39, 0.29) is 11.9 Å². The fraction of sp³-hybridized carbons (Fsp3) is 0.391. The van der Waals surface area contributed by atoms with Gasteiger partial charge in [-0.2, -0.15) is 5.10 Å². The summed E-state index contributed by atoms with van der Waals surface area (Å²) in [6.07, 6.45) is 2.64. The summed E-state index contributed by atoms with van der Waals surface area (Å²) in [5, 5.41) is 7.87. The fourth-order valence-electron chi connectivity index (χ4n) is 3.88. The molecule has 2 heterocycles. The molecule has 1 aromatic carbocycles. The number of carbonyl (C=O) groups excluding carboxylic acids is 1. The van der Waals surface area contributed by atoms with Gasteiger partial charge in [-0.3, -0.25) is 4.79 Å². The van der Waals surface area contributed by atoms with Gasteiger partial charge in [0.15, 0.2) is 0 Å². The summed E-state index contributed by atoms with van der Waals surface area (Å²) in [4.78, 5) is 21.9. The molecule has 1 atom stereocenters. The zero-order valence-corrected chi connectivity index (χ0v) is 17.4. The van der Waals surface area contributed by atoms with Crippen LogP contribution in [0.1, 0.15) is 52.8 Å². The van der Waals surface area contributed by atoms with Crippen LogP contribution in [0.4, 0.5) is 0 Å². The molecule has 1 amide bonds. The Morgan fingerprint density at radius 2 is 1.76 bits per heavy atom. The molecule has 6 nitrogen and oxygen atoms in total. The fourth-order valence-corrected chi connectivity index (χ4v) is 3.88. The topological polar surface area (TPSA) is 72.7 Å². The molecule has 1 saturated carbocycles. The van der Waals surface area contributed by atoms with Crippen molar-refractivity contribution in [3.63, 3.8) is 0 Å². The number of nitrogens with one attached hydrogen (secondary N) is 1. The van der Waals surface area contributed by atoms with Crippen molar-refractivity contribution < 1.29 is 4.79 Å². The Kier molecular flexibility index (Phi) is 5.18. The van der Waals surface area contributed by atoms with Crippen LogP contribution in [0, 0.1) is 33.6 Å². The number of hydrogen-bond acceptors (Lipinski definition) is 4. The highest BCUT2D eigenvalue weighted by molar-refractivity contribution is 5.79. The van der Waals surface area contributed by atoms with Crippen LogP contribution < -0.4 is 5.32 Å². The minimum Gasteiger partial charge on any atom is -0.349 e. The second kappa shape index (κ2) is 7.78. The summed E-state index contributed by atoms with van der Waals surface area (Å²) in [6.45, 7) is 7.79. The third-order valence-corrected chi connectivity index (χ3v) is 5.51. The van der Waals surface area contributed by atoms with E-state index in [1.807, 2.05) is 52.0 Å². The van der Waals surface area contributed by atoms with Crippen LogP contribution >= 0.6 is 0 Å². The molecule has 0 spiro atoms. The molecule has 6 heteroatoms. The van der Waals surface area contributed by atoms with Crippen LogP contribution in [-0.4, -0.2) is 25.7 Å². The van der Waals surface area contributed by atoms with Crippen molar-refractivity contribution >= 4 is 5.91 Å². The Morgan fingerprint density at radius 1 is 1.10 bits per heavy atom. The Balaban J connectivity index is 1.55. The molecular formula is C23H27N5O. The van der Waals surface area contributed by atoms with Crippen molar-refractivity contribution in [2.75, 3.05) is 0 Å². The average Bonchev–Trinajstić information content (AvgIpc) is 3.48. The molecule has 29 heavy (non-hydrogen) atoms. The molecule has 1 aliphatic carbocycles. The second-order valence-corrected chi connectivity index (χ2v) is 7.98. The molecule has 0 saturated heterocycles. The summed E-state index contributed by atoms with van der Waals surface area (Å²) < 4.78 is 1.74. The number of hydrogen-bond donors (Lipinski definition) is 1. The van der Waals surface area contributed by atoms with E-state index in [9.17, 15) is 4.79 Å². The smallest absolute Gasteiger partial charge is 0.251 e. The monoisotopic (exact) mass is 389 g/mol. The van der Waals surface area contributed by atoms with Crippen LogP contribution in [0.25, 0.3) is 5.95 Å². The van der Waals surface area contributed by atoms with E-state index in [0.29, 0.717) is 18.3 Å². The number of aromatic nitrogens is 4. The zero-order valence-electron chi connectivity index (χ0n) is 17.4. The van der Waals surface area contributed by atoms with Gasteiger partial charge in [-0.15, -0.1) is 0 Å². The lowest BCUT2D eigenvalue weighted by molar-refractivity contribution is -0.121. The third kappa shape index (κ3) is 4.21. The molecule has 150 valence electrons. The highest BCUT2D eigenvalue weighted by atomic mass is 16.1. The summed E-state index contributed by atoms with van der Waals surface area (Å²) in [7, 11) is 0. The summed E-state index contributed by atoms with van der Waals surface area (Å²) in [5.41, 5.74) is 5.65. The van der Waals surface area contributed by atoms with Gasteiger partial charge in [0, 0.05) is 22.6 Å². The van der Waals surface area contributed by atoms with Crippen LogP contribution in [0.2, 0.25) is 0 Å². The zero-order chi connectivity index (χ0) is 20.5. The largest absolute Gasteiger partial charge is 0.349 e. The standard InChI is InChI=1S/C23H27N5O/c1-14-12-15(2)25-23(24-14)28-17(4)20(16(3)27-28)13-21(29)26-22(19-10-11-19)18-8-6-5-7-9-18/h5-9,12,19,22H,10-11,13H2,1-4H3,(H,26,29). The molecule has 0 aliphatic heterocycles. The normalized spacial score (nSPS) is 14.6. The van der Waals surface area contributed by atoms with E-state index in [1.54, 1.807) is 4.68 Å². The van der Waals surface area contributed by atoms with Crippen molar-refractivity contribution in [2.45, 2.75) is 53.0 Å². The van der Waals surface area contributed by atoms with Crippen molar-refractivity contribution in [1.29, 1.82) is 0 Å². The number of carbonyl (C=O) groups is 1. The number of nitrogens with zero attached hydrogens (tertiary/aromatic N) is 4. The summed E-state index contributed by atoms with van der Waals surface area (Å²) in [6, 6.07) is 12.3. The van der Waals surface area contributed by atoms with Gasteiger partial charge < -0.3 is 5.32 Å². The molecule has 0 radical (unpaired) electrons. The molecular weight excluding hydrogens is 362 g/mol. The second-order valence-electron chi connectivity index (χ2n) is 7.98. The van der Waals surface area contributed by atoms with Gasteiger partial charge in [-0.25, -0.2) is 14.6 Å². The van der Waals surface area contributed by atoms with Gasteiger partial charge in [-0.1, -0.05) is 30.3 Å². The molecule has 1 fully saturated rings. The number of aryl methyl sites for hydroxylation is 3. The van der Waals surface area contributed by atoms with Gasteiger partial charge in [0.05, 0.1) is 18.2 Å². The lowest BCUT2D eigenvalue weighted by atomic mass is 10.0. The predicted octanol–water partition coefficient (Wildman–Crippen LogP) is 3.71. The van der Waals surface area contributed by atoms with Gasteiger partial charge in [0.25, 0.3) is 5.95 Å². The molecule has 2 aromatic heterocycles. The number of rotatable bonds is 6. The van der Waals surface area contributed by atoms with Crippen molar-refractivity contribution in [2.24, 2.45) is 5.92 Å². The number of amides is 1. The van der Waals surface area contributed by atoms with Crippen LogP contribution in [0.3, 0.4) is 0 Å². The molecule has 3 aromatic rings. The van der Waals surface area contributed by atoms with Crippen LogP contribution in [0.5, 0.6) is 0 Å². The molecule has 0 bridgehead atoms. The Hall–Kier alpha value is -3.02. The highest BCUT2D eigenvalue weighted by Crippen LogP contribution is 2.41. The third-order valence-electron chi connectivity index (χ3n) is 5.51. The summed E-state index contributed by atoms with van der Waals surface area (Å²) in [5.74, 6) is 1.11. The highest BCUT2D eigenvalue weighted by Gasteiger charge is 2.33. The van der Waals surface area contributed by atoms with E-state index in [0.717, 1.165) is 28.3 Å². The first-order valence-corrected chi connectivity index (χ1v) is 10.1. The molecule has 1 aliphatic rings. The SMILES string of the molecule is Cc1cc(C)nc(-n2nc(C)c(CC(=O)NC(c3ccccc3)C3CC3)c2C)n1. The minimum atomic E-state index is 0.0258. The minimum absolute atomic E-state index is 0.0258. The quantitative estimate of drug-likeness (QED) is 0.698. The van der Waals surface area contributed by atoms with Gasteiger partial charge in [0.1, 0.15) is 0 Å². The van der Waals surface area contributed by atoms with E-state index >= 15 is 0 Å². The maximum atomic E-state index is 12.9. The Labute approximate surface area is 171 Å². The van der Waals surface area contributed by atoms with Gasteiger partial charge in [-0.05, 0) is 58.1 Å². The average molecular weight is 390 g/mol. The first-order valence-electron chi connectivity index (χ1n) is 10.1. The maximum Gasteiger partial charge on any atom is 0.251 e. The van der Waals surface area contributed by atoms with E-state index in [4.69, 9.17) is 0 Å². The van der Waals surface area contributed by atoms with Crippen molar-refractivity contribution in [3.05, 3.63) is 70.3 Å². The van der Waals surface area contributed by atoms with Crippen LogP contribution in [0.15, 0.2) is 36.4 Å². The Bertz CT molecular complexity index is 1020. The van der Waals surface area contributed by atoms with Gasteiger partial charge >= 0.3 is 0 Å². The lowest BCUT2D eigenvalue weighted by Gasteiger charge is -2.19. The van der Waals surface area contributed by atoms with Crippen molar-refractivity contribution in [3.8, 4) is 5.95 Å². The first-order chi connectivity index (χ1) is 13.9. The molecule has 1 N–H and O–H groups in total. The van der Waals surface area contributed by atoms with E-state index in [1.165, 1.54) is 18.4 Å². The van der Waals surface area contributed by atoms with Gasteiger partial charge in [0.2, 0.25) is 5.91 Å². The Morgan fingerprint density at radius 3 is 2.38 bits per heavy atom. The lowest BCUT2D eigenvalue weighted by Crippen LogP contribution is -2.31. The molecule has 1 unspecified atom stereocenters. The van der Waals surface area contributed by atoms with Crippen LogP contribution in [-0.2, 0) is 11.2 Å². The molecule has 4 rings (SSSR count). The van der Waals surface area contributed by atoms with Crippen molar-refractivity contribution in [1.82, 2.24) is 25.1 Å². The number of benzene rings is 1. The summed E-state index contributed by atoms with van der Waals surface area (Å²) >= 11 is 0. The maximum absolute atomic E-state index is 12.9. The van der Waals surface area contributed by atoms with E-state index < -0.39 is 0 Å². The first kappa shape index (κ1) is 19.3. The predicted molar refractivity (Wildman–Crippen MR) is 112 cm³/mol.